The van der Waals surface area contributed by atoms with E-state index in [1.807, 2.05) is 6.92 Å². The Kier molecular flexibility index (Phi) is 4.51. The number of methoxy groups -OCH3 is 1. The van der Waals surface area contributed by atoms with E-state index in [4.69, 9.17) is 9.47 Å². The first-order valence-corrected chi connectivity index (χ1v) is 5.05. The second-order valence-electron chi connectivity index (χ2n) is 3.15. The van der Waals surface area contributed by atoms with Gasteiger partial charge < -0.3 is 9.47 Å². The van der Waals surface area contributed by atoms with Gasteiger partial charge in [0.25, 0.3) is 0 Å². The number of nitrogens with zero attached hydrogens (tertiary/aromatic N) is 1. The van der Waals surface area contributed by atoms with Crippen molar-refractivity contribution in [2.75, 3.05) is 7.11 Å². The fraction of sp³-hybridized carbons (Fsp3) is 0.333. The van der Waals surface area contributed by atoms with Crippen molar-refractivity contribution in [3.05, 3.63) is 36.5 Å². The average molecular weight is 221 g/mol. The molecule has 4 nitrogen and oxygen atoms in total. The fourth-order valence-corrected chi connectivity index (χ4v) is 1.21. The molecule has 0 aromatic carbocycles. The smallest absolute Gasteiger partial charge is 0.344 e. The molecular weight excluding hydrogens is 206 g/mol. The van der Waals surface area contributed by atoms with Gasteiger partial charge in [0.2, 0.25) is 5.88 Å². The van der Waals surface area contributed by atoms with Gasteiger partial charge in [0.05, 0.1) is 7.11 Å². The zero-order chi connectivity index (χ0) is 12.0. The van der Waals surface area contributed by atoms with E-state index < -0.39 is 5.97 Å². The maximum absolute atomic E-state index is 11.8. The molecule has 0 aliphatic rings. The molecule has 1 rings (SSSR count). The Bertz CT molecular complexity index is 376. The van der Waals surface area contributed by atoms with Gasteiger partial charge >= 0.3 is 5.97 Å². The molecule has 0 saturated heterocycles. The lowest BCUT2D eigenvalue weighted by Gasteiger charge is -2.12. The highest BCUT2D eigenvalue weighted by Gasteiger charge is 2.16. The van der Waals surface area contributed by atoms with Crippen LogP contribution in [0.1, 0.15) is 23.7 Å². The molecule has 0 bridgehead atoms. The maximum atomic E-state index is 11.8. The van der Waals surface area contributed by atoms with E-state index in [2.05, 4.69) is 11.6 Å². The second-order valence-corrected chi connectivity index (χ2v) is 3.15. The number of ether oxygens (including phenoxy) is 2. The number of carbonyl (C=O) groups is 1. The molecule has 1 aromatic rings. The number of pyridine rings is 1. The molecule has 0 aliphatic carbocycles. The van der Waals surface area contributed by atoms with Crippen molar-refractivity contribution >= 4 is 5.97 Å². The summed E-state index contributed by atoms with van der Waals surface area (Å²) in [5, 5.41) is 0. The molecule has 0 radical (unpaired) electrons. The first-order chi connectivity index (χ1) is 7.72. The molecular formula is C12H15NO3. The van der Waals surface area contributed by atoms with E-state index in [1.54, 1.807) is 24.4 Å². The summed E-state index contributed by atoms with van der Waals surface area (Å²) in [6.45, 7) is 5.51. The third-order valence-corrected chi connectivity index (χ3v) is 2.11. The van der Waals surface area contributed by atoms with E-state index in [-0.39, 0.29) is 12.0 Å². The summed E-state index contributed by atoms with van der Waals surface area (Å²) in [6.07, 6.45) is 3.57. The fourth-order valence-electron chi connectivity index (χ4n) is 1.21. The Hall–Kier alpha value is -1.84. The molecule has 0 N–H and O–H groups in total. The van der Waals surface area contributed by atoms with Crippen LogP contribution in [0.3, 0.4) is 0 Å². The van der Waals surface area contributed by atoms with Gasteiger partial charge in [0.15, 0.2) is 0 Å². The topological polar surface area (TPSA) is 48.4 Å². The van der Waals surface area contributed by atoms with Crippen LogP contribution in [0, 0.1) is 0 Å². The molecule has 1 heterocycles. The maximum Gasteiger partial charge on any atom is 0.344 e. The van der Waals surface area contributed by atoms with Crippen molar-refractivity contribution in [2.45, 2.75) is 19.4 Å². The quantitative estimate of drug-likeness (QED) is 0.565. The zero-order valence-corrected chi connectivity index (χ0v) is 9.47. The van der Waals surface area contributed by atoms with Gasteiger partial charge in [-0.05, 0) is 18.6 Å². The van der Waals surface area contributed by atoms with Crippen LogP contribution in [0.15, 0.2) is 31.0 Å². The van der Waals surface area contributed by atoms with Gasteiger partial charge in [-0.15, -0.1) is 0 Å². The summed E-state index contributed by atoms with van der Waals surface area (Å²) < 4.78 is 10.2. The zero-order valence-electron chi connectivity index (χ0n) is 9.47. The predicted molar refractivity (Wildman–Crippen MR) is 60.5 cm³/mol. The highest BCUT2D eigenvalue weighted by Crippen LogP contribution is 2.16. The highest BCUT2D eigenvalue weighted by molar-refractivity contribution is 5.91. The van der Waals surface area contributed by atoms with Gasteiger partial charge in [-0.1, -0.05) is 19.6 Å². The normalized spacial score (nSPS) is 11.6. The SMILES string of the molecule is C=C[C@H](CC)OC(=O)c1cccnc1OC. The van der Waals surface area contributed by atoms with Crippen molar-refractivity contribution in [3.63, 3.8) is 0 Å². The molecule has 16 heavy (non-hydrogen) atoms. The average Bonchev–Trinajstić information content (AvgIpc) is 2.35. The first kappa shape index (κ1) is 12.2. The molecule has 1 aromatic heterocycles. The van der Waals surface area contributed by atoms with Crippen molar-refractivity contribution in [1.82, 2.24) is 4.98 Å². The number of hydrogen-bond acceptors (Lipinski definition) is 4. The summed E-state index contributed by atoms with van der Waals surface area (Å²) in [5.41, 5.74) is 0.324. The van der Waals surface area contributed by atoms with Crippen LogP contribution in [0.2, 0.25) is 0 Å². The summed E-state index contributed by atoms with van der Waals surface area (Å²) >= 11 is 0. The molecule has 0 saturated carbocycles. The Morgan fingerprint density at radius 2 is 2.44 bits per heavy atom. The summed E-state index contributed by atoms with van der Waals surface area (Å²) in [6, 6.07) is 3.28. The highest BCUT2D eigenvalue weighted by atomic mass is 16.5. The van der Waals surface area contributed by atoms with Crippen LogP contribution < -0.4 is 4.74 Å². The first-order valence-electron chi connectivity index (χ1n) is 5.05. The Morgan fingerprint density at radius 3 is 3.00 bits per heavy atom. The molecule has 1 atom stereocenters. The van der Waals surface area contributed by atoms with Crippen LogP contribution in [-0.2, 0) is 4.74 Å². The van der Waals surface area contributed by atoms with Crippen LogP contribution in [0.25, 0.3) is 0 Å². The second kappa shape index (κ2) is 5.90. The molecule has 0 aliphatic heterocycles. The van der Waals surface area contributed by atoms with E-state index in [9.17, 15) is 4.79 Å². The third-order valence-electron chi connectivity index (χ3n) is 2.11. The number of hydrogen-bond donors (Lipinski definition) is 0. The molecule has 86 valence electrons. The van der Waals surface area contributed by atoms with Gasteiger partial charge in [-0.25, -0.2) is 9.78 Å². The number of aromatic nitrogens is 1. The van der Waals surface area contributed by atoms with Crippen molar-refractivity contribution in [3.8, 4) is 5.88 Å². The van der Waals surface area contributed by atoms with Crippen molar-refractivity contribution in [1.29, 1.82) is 0 Å². The van der Waals surface area contributed by atoms with E-state index in [1.165, 1.54) is 7.11 Å². The minimum atomic E-state index is -0.447. The Balaban J connectivity index is 2.83. The van der Waals surface area contributed by atoms with Crippen LogP contribution in [-0.4, -0.2) is 24.2 Å². The molecule has 0 unspecified atom stereocenters. The van der Waals surface area contributed by atoms with Gasteiger partial charge in [0, 0.05) is 6.20 Å². The number of esters is 1. The van der Waals surface area contributed by atoms with Crippen LogP contribution in [0.4, 0.5) is 0 Å². The lowest BCUT2D eigenvalue weighted by molar-refractivity contribution is 0.0384. The summed E-state index contributed by atoms with van der Waals surface area (Å²) in [7, 11) is 1.46. The standard InChI is InChI=1S/C12H15NO3/c1-4-9(5-2)16-12(14)10-7-6-8-13-11(10)15-3/h4,6-9H,1,5H2,2-3H3/t9-/m1/s1. The van der Waals surface area contributed by atoms with Crippen molar-refractivity contribution < 1.29 is 14.3 Å². The largest absolute Gasteiger partial charge is 0.480 e. The Morgan fingerprint density at radius 1 is 1.69 bits per heavy atom. The lowest BCUT2D eigenvalue weighted by Crippen LogP contribution is -2.16. The molecule has 0 spiro atoms. The predicted octanol–water partition coefficient (Wildman–Crippen LogP) is 2.21. The van der Waals surface area contributed by atoms with Crippen LogP contribution >= 0.6 is 0 Å². The minimum absolute atomic E-state index is 0.270. The molecule has 0 fully saturated rings. The van der Waals surface area contributed by atoms with E-state index in [0.29, 0.717) is 12.0 Å². The lowest BCUT2D eigenvalue weighted by atomic mass is 10.2. The number of carbonyl (C=O) groups excluding carboxylic acids is 1. The summed E-state index contributed by atoms with van der Waals surface area (Å²) in [5.74, 6) is -0.178. The monoisotopic (exact) mass is 221 g/mol. The minimum Gasteiger partial charge on any atom is -0.480 e. The van der Waals surface area contributed by atoms with E-state index in [0.717, 1.165) is 0 Å². The van der Waals surface area contributed by atoms with Gasteiger partial charge in [-0.3, -0.25) is 0 Å². The van der Waals surface area contributed by atoms with Crippen molar-refractivity contribution in [2.24, 2.45) is 0 Å². The van der Waals surface area contributed by atoms with Crippen LogP contribution in [0.5, 0.6) is 5.88 Å². The van der Waals surface area contributed by atoms with Gasteiger partial charge in [-0.2, -0.15) is 0 Å². The number of rotatable bonds is 5. The molecule has 4 heteroatoms. The molecule has 0 amide bonds. The van der Waals surface area contributed by atoms with E-state index >= 15 is 0 Å². The third kappa shape index (κ3) is 2.82. The summed E-state index contributed by atoms with van der Waals surface area (Å²) in [4.78, 5) is 15.7. The Labute approximate surface area is 94.9 Å². The van der Waals surface area contributed by atoms with Gasteiger partial charge in [0.1, 0.15) is 11.7 Å².